The molecular formula is C20H27N3O2. The lowest BCUT2D eigenvalue weighted by molar-refractivity contribution is -0.0132. The zero-order valence-corrected chi connectivity index (χ0v) is 15.2. The molecule has 1 aliphatic rings. The van der Waals surface area contributed by atoms with Gasteiger partial charge in [-0.05, 0) is 33.6 Å². The highest BCUT2D eigenvalue weighted by molar-refractivity contribution is 5.68. The predicted octanol–water partition coefficient (Wildman–Crippen LogP) is 5.01. The summed E-state index contributed by atoms with van der Waals surface area (Å²) in [5.74, 6) is 0.767. The minimum absolute atomic E-state index is 0.497. The van der Waals surface area contributed by atoms with Crippen LogP contribution in [0, 0.1) is 0 Å². The van der Waals surface area contributed by atoms with Crippen molar-refractivity contribution in [2.45, 2.75) is 64.0 Å². The Labute approximate surface area is 149 Å². The van der Waals surface area contributed by atoms with Crippen molar-refractivity contribution in [2.24, 2.45) is 0 Å². The summed E-state index contributed by atoms with van der Waals surface area (Å²) >= 11 is 0. The maximum Gasteiger partial charge on any atom is 0.408 e. The van der Waals surface area contributed by atoms with Crippen molar-refractivity contribution in [2.75, 3.05) is 0 Å². The number of hydrogen-bond acceptors (Lipinski definition) is 2. The molecule has 1 heterocycles. The molecule has 0 spiro atoms. The van der Waals surface area contributed by atoms with E-state index in [-0.39, 0.29) is 0 Å². The van der Waals surface area contributed by atoms with Crippen LogP contribution < -0.4 is 0 Å². The van der Waals surface area contributed by atoms with E-state index in [1.165, 1.54) is 0 Å². The number of nitrogens with zero attached hydrogens (tertiary/aromatic N) is 2. The monoisotopic (exact) mass is 341 g/mol. The van der Waals surface area contributed by atoms with E-state index in [4.69, 9.17) is 4.98 Å². The summed E-state index contributed by atoms with van der Waals surface area (Å²) in [6.07, 6.45) is 5.79. The van der Waals surface area contributed by atoms with Crippen molar-refractivity contribution in [3.8, 4) is 11.3 Å². The summed E-state index contributed by atoms with van der Waals surface area (Å²) in [5.41, 5.74) is 0.812. The second-order valence-corrected chi connectivity index (χ2v) is 7.88. The van der Waals surface area contributed by atoms with E-state index >= 15 is 0 Å². The van der Waals surface area contributed by atoms with Crippen molar-refractivity contribution >= 4 is 6.09 Å². The maximum absolute atomic E-state index is 12.2. The zero-order chi connectivity index (χ0) is 18.1. The molecule has 134 valence electrons. The van der Waals surface area contributed by atoms with Gasteiger partial charge in [-0.25, -0.2) is 9.78 Å². The number of H-pyrrole nitrogens is 1. The number of carboxylic acid groups (broad SMARTS) is 1. The molecule has 0 saturated heterocycles. The Balaban J connectivity index is 2.07. The third-order valence-corrected chi connectivity index (χ3v) is 5.06. The van der Waals surface area contributed by atoms with E-state index in [9.17, 15) is 9.90 Å². The van der Waals surface area contributed by atoms with Gasteiger partial charge in [-0.15, -0.1) is 0 Å². The Morgan fingerprint density at radius 2 is 1.80 bits per heavy atom. The second-order valence-electron chi connectivity index (χ2n) is 7.88. The van der Waals surface area contributed by atoms with Crippen molar-refractivity contribution in [3.05, 3.63) is 42.4 Å². The molecule has 25 heavy (non-hydrogen) atoms. The van der Waals surface area contributed by atoms with Crippen LogP contribution in [0.5, 0.6) is 0 Å². The average molecular weight is 341 g/mol. The zero-order valence-electron chi connectivity index (χ0n) is 15.2. The van der Waals surface area contributed by atoms with Gasteiger partial charge in [0.2, 0.25) is 0 Å². The highest BCUT2D eigenvalue weighted by Gasteiger charge is 2.49. The van der Waals surface area contributed by atoms with E-state index in [0.29, 0.717) is 0 Å². The molecule has 1 aromatic heterocycles. The SMILES string of the molecule is CC(C)(C)N(C(=O)O)C1(c2nc(-c3ccccc3)c[nH]2)CCCCC1. The molecular weight excluding hydrogens is 314 g/mol. The lowest BCUT2D eigenvalue weighted by Crippen LogP contribution is -2.58. The van der Waals surface area contributed by atoms with E-state index in [1.54, 1.807) is 4.90 Å². The number of aromatic nitrogens is 2. The molecule has 5 heteroatoms. The molecule has 1 aliphatic carbocycles. The van der Waals surface area contributed by atoms with E-state index in [0.717, 1.165) is 49.2 Å². The predicted molar refractivity (Wildman–Crippen MR) is 98.4 cm³/mol. The normalized spacial score (nSPS) is 17.2. The molecule has 1 aromatic carbocycles. The molecule has 1 fully saturated rings. The topological polar surface area (TPSA) is 69.2 Å². The first-order chi connectivity index (χ1) is 11.8. The highest BCUT2D eigenvalue weighted by atomic mass is 16.4. The lowest BCUT2D eigenvalue weighted by Gasteiger charge is -2.49. The van der Waals surface area contributed by atoms with Crippen molar-refractivity contribution < 1.29 is 9.90 Å². The van der Waals surface area contributed by atoms with Crippen molar-refractivity contribution in [1.29, 1.82) is 0 Å². The molecule has 0 bridgehead atoms. The van der Waals surface area contributed by atoms with E-state index in [2.05, 4.69) is 4.98 Å². The summed E-state index contributed by atoms with van der Waals surface area (Å²) in [4.78, 5) is 21.9. The fourth-order valence-corrected chi connectivity index (χ4v) is 4.13. The first-order valence-electron chi connectivity index (χ1n) is 8.99. The standard InChI is InChI=1S/C20H27N3O2/c1-19(2,3)23(18(24)25)20(12-8-5-9-13-20)17-21-14-16(22-17)15-10-6-4-7-11-15/h4,6-7,10-11,14H,5,8-9,12-13H2,1-3H3,(H,21,22)(H,24,25). The van der Waals surface area contributed by atoms with Crippen molar-refractivity contribution in [3.63, 3.8) is 0 Å². The molecule has 0 unspecified atom stereocenters. The van der Waals surface area contributed by atoms with Gasteiger partial charge in [0.25, 0.3) is 0 Å². The molecule has 1 saturated carbocycles. The number of rotatable bonds is 3. The number of nitrogens with one attached hydrogen (secondary N) is 1. The minimum atomic E-state index is -0.882. The van der Waals surface area contributed by atoms with Crippen LogP contribution in [0.25, 0.3) is 11.3 Å². The van der Waals surface area contributed by atoms with Gasteiger partial charge in [-0.2, -0.15) is 0 Å². The molecule has 1 amide bonds. The van der Waals surface area contributed by atoms with Crippen LogP contribution in [0.3, 0.4) is 0 Å². The Morgan fingerprint density at radius 3 is 2.36 bits per heavy atom. The molecule has 2 N–H and O–H groups in total. The fourth-order valence-electron chi connectivity index (χ4n) is 4.13. The average Bonchev–Trinajstić information content (AvgIpc) is 3.05. The van der Waals surface area contributed by atoms with Crippen LogP contribution in [0.4, 0.5) is 4.79 Å². The Kier molecular flexibility index (Phi) is 4.58. The fraction of sp³-hybridized carbons (Fsp3) is 0.500. The number of amides is 1. The van der Waals surface area contributed by atoms with Crippen LogP contribution in [0.2, 0.25) is 0 Å². The maximum atomic E-state index is 12.2. The first-order valence-corrected chi connectivity index (χ1v) is 8.99. The summed E-state index contributed by atoms with van der Waals surface area (Å²) in [5, 5.41) is 10.00. The van der Waals surface area contributed by atoms with Crippen LogP contribution in [0.15, 0.2) is 36.5 Å². The van der Waals surface area contributed by atoms with Crippen LogP contribution in [0.1, 0.15) is 58.7 Å². The first kappa shape index (κ1) is 17.5. The van der Waals surface area contributed by atoms with Gasteiger partial charge in [0.1, 0.15) is 11.4 Å². The van der Waals surface area contributed by atoms with Crippen LogP contribution in [-0.2, 0) is 5.54 Å². The Morgan fingerprint density at radius 1 is 1.16 bits per heavy atom. The summed E-state index contributed by atoms with van der Waals surface area (Å²) < 4.78 is 0. The minimum Gasteiger partial charge on any atom is -0.465 e. The molecule has 0 aliphatic heterocycles. The van der Waals surface area contributed by atoms with Gasteiger partial charge in [-0.1, -0.05) is 49.6 Å². The molecule has 0 atom stereocenters. The number of benzene rings is 1. The third-order valence-electron chi connectivity index (χ3n) is 5.06. The van der Waals surface area contributed by atoms with Crippen LogP contribution in [-0.4, -0.2) is 31.6 Å². The van der Waals surface area contributed by atoms with E-state index < -0.39 is 17.2 Å². The van der Waals surface area contributed by atoms with Gasteiger partial charge in [0.05, 0.1) is 5.69 Å². The number of carbonyl (C=O) groups is 1. The van der Waals surface area contributed by atoms with Gasteiger partial charge < -0.3 is 10.1 Å². The second kappa shape index (κ2) is 6.54. The van der Waals surface area contributed by atoms with Gasteiger partial charge in [-0.3, -0.25) is 4.90 Å². The summed E-state index contributed by atoms with van der Waals surface area (Å²) in [6.45, 7) is 5.87. The Hall–Kier alpha value is -2.30. The third kappa shape index (κ3) is 3.28. The smallest absolute Gasteiger partial charge is 0.408 e. The van der Waals surface area contributed by atoms with Gasteiger partial charge >= 0.3 is 6.09 Å². The Bertz CT molecular complexity index is 725. The van der Waals surface area contributed by atoms with Gasteiger partial charge in [0, 0.05) is 17.3 Å². The largest absolute Gasteiger partial charge is 0.465 e. The molecule has 5 nitrogen and oxygen atoms in total. The van der Waals surface area contributed by atoms with Crippen molar-refractivity contribution in [1.82, 2.24) is 14.9 Å². The van der Waals surface area contributed by atoms with Crippen LogP contribution >= 0.6 is 0 Å². The van der Waals surface area contributed by atoms with Gasteiger partial charge in [0.15, 0.2) is 0 Å². The molecule has 3 rings (SSSR count). The summed E-state index contributed by atoms with van der Waals surface area (Å²) in [6, 6.07) is 9.99. The summed E-state index contributed by atoms with van der Waals surface area (Å²) in [7, 11) is 0. The molecule has 2 aromatic rings. The highest BCUT2D eigenvalue weighted by Crippen LogP contribution is 2.44. The lowest BCUT2D eigenvalue weighted by atomic mass is 9.77. The molecule has 0 radical (unpaired) electrons. The number of imidazole rings is 1. The van der Waals surface area contributed by atoms with E-state index in [1.807, 2.05) is 57.3 Å². The quantitative estimate of drug-likeness (QED) is 0.824. The number of hydrogen-bond donors (Lipinski definition) is 2. The number of aromatic amines is 1.